The van der Waals surface area contributed by atoms with Gasteiger partial charge in [-0.2, -0.15) is 0 Å². The van der Waals surface area contributed by atoms with E-state index >= 15 is 0 Å². The average Bonchev–Trinajstić information content (AvgIpc) is 2.89. The smallest absolute Gasteiger partial charge is 0.0525 e. The van der Waals surface area contributed by atoms with Crippen LogP contribution in [0.25, 0.3) is 0 Å². The van der Waals surface area contributed by atoms with Crippen molar-refractivity contribution in [1.82, 2.24) is 0 Å². The number of hydrogen-bond acceptors (Lipinski definition) is 3. The molecule has 2 nitrogen and oxygen atoms in total. The highest BCUT2D eigenvalue weighted by molar-refractivity contribution is 9.10. The molecule has 2 aromatic rings. The molecule has 2 unspecified atom stereocenters. The van der Waals surface area contributed by atoms with Crippen molar-refractivity contribution in [3.8, 4) is 0 Å². The van der Waals surface area contributed by atoms with E-state index in [1.165, 1.54) is 21.7 Å². The van der Waals surface area contributed by atoms with E-state index in [9.17, 15) is 0 Å². The molecule has 0 saturated heterocycles. The molecule has 1 aromatic heterocycles. The van der Waals surface area contributed by atoms with Crippen LogP contribution < -0.4 is 10.6 Å². The summed E-state index contributed by atoms with van der Waals surface area (Å²) in [4.78, 5) is 4.02. The summed E-state index contributed by atoms with van der Waals surface area (Å²) in [5.74, 6) is 0. The quantitative estimate of drug-likeness (QED) is 0.853. The summed E-state index contributed by atoms with van der Waals surface area (Å²) in [7, 11) is 0. The monoisotopic (exact) mass is 350 g/mol. The van der Waals surface area contributed by atoms with Crippen molar-refractivity contribution in [2.45, 2.75) is 32.4 Å². The third-order valence-corrected chi connectivity index (χ3v) is 5.56. The Labute approximate surface area is 132 Å². The van der Waals surface area contributed by atoms with Gasteiger partial charge in [-0.1, -0.05) is 15.9 Å². The predicted molar refractivity (Wildman–Crippen MR) is 90.5 cm³/mol. The minimum atomic E-state index is 0.0403. The molecule has 1 aliphatic heterocycles. The van der Waals surface area contributed by atoms with Gasteiger partial charge >= 0.3 is 0 Å². The van der Waals surface area contributed by atoms with Gasteiger partial charge in [-0.05, 0) is 61.0 Å². The number of anilines is 1. The highest BCUT2D eigenvalue weighted by Gasteiger charge is 2.26. The molecular formula is C16H19BrN2S. The molecule has 1 aromatic carbocycles. The molecule has 106 valence electrons. The van der Waals surface area contributed by atoms with E-state index in [0.29, 0.717) is 6.04 Å². The van der Waals surface area contributed by atoms with Gasteiger partial charge in [-0.25, -0.2) is 0 Å². The van der Waals surface area contributed by atoms with Crippen molar-refractivity contribution in [1.29, 1.82) is 0 Å². The molecule has 4 heteroatoms. The van der Waals surface area contributed by atoms with Crippen LogP contribution in [0.4, 0.5) is 5.69 Å². The summed E-state index contributed by atoms with van der Waals surface area (Å²) >= 11 is 5.43. The Balaban J connectivity index is 2.02. The number of nitrogens with zero attached hydrogens (tertiary/aromatic N) is 1. The maximum absolute atomic E-state index is 6.16. The van der Waals surface area contributed by atoms with Crippen molar-refractivity contribution in [3.63, 3.8) is 0 Å². The average molecular weight is 351 g/mol. The van der Waals surface area contributed by atoms with Crippen LogP contribution in [-0.2, 0) is 6.42 Å². The molecule has 0 saturated carbocycles. The summed E-state index contributed by atoms with van der Waals surface area (Å²) in [5, 5.41) is 2.21. The molecule has 3 rings (SSSR count). The fourth-order valence-electron chi connectivity index (χ4n) is 2.99. The largest absolute Gasteiger partial charge is 0.364 e. The van der Waals surface area contributed by atoms with Gasteiger partial charge in [-0.15, -0.1) is 11.3 Å². The van der Waals surface area contributed by atoms with Crippen LogP contribution in [0.3, 0.4) is 0 Å². The molecule has 0 bridgehead atoms. The van der Waals surface area contributed by atoms with Gasteiger partial charge in [-0.3, -0.25) is 0 Å². The van der Waals surface area contributed by atoms with Gasteiger partial charge in [0.15, 0.2) is 0 Å². The first-order chi connectivity index (χ1) is 9.58. The summed E-state index contributed by atoms with van der Waals surface area (Å²) in [6.07, 6.45) is 1.13. The fourth-order valence-corrected chi connectivity index (χ4v) is 4.33. The van der Waals surface area contributed by atoms with Crippen molar-refractivity contribution in [3.05, 3.63) is 50.1 Å². The molecule has 20 heavy (non-hydrogen) atoms. The van der Waals surface area contributed by atoms with Crippen LogP contribution >= 0.6 is 27.3 Å². The van der Waals surface area contributed by atoms with Crippen molar-refractivity contribution in [2.24, 2.45) is 5.73 Å². The Morgan fingerprint density at radius 1 is 1.40 bits per heavy atom. The second-order valence-corrected chi connectivity index (χ2v) is 7.33. The summed E-state index contributed by atoms with van der Waals surface area (Å²) in [6, 6.07) is 9.17. The number of rotatable bonds is 2. The van der Waals surface area contributed by atoms with E-state index in [-0.39, 0.29) is 6.04 Å². The third kappa shape index (κ3) is 2.41. The van der Waals surface area contributed by atoms with Crippen LogP contribution in [0.2, 0.25) is 0 Å². The molecule has 2 heterocycles. The van der Waals surface area contributed by atoms with Crippen LogP contribution in [0.15, 0.2) is 34.1 Å². The van der Waals surface area contributed by atoms with Gasteiger partial charge < -0.3 is 10.6 Å². The van der Waals surface area contributed by atoms with Crippen LogP contribution in [0.5, 0.6) is 0 Å². The molecule has 0 amide bonds. The summed E-state index contributed by atoms with van der Waals surface area (Å²) in [5.41, 5.74) is 10.1. The van der Waals surface area contributed by atoms with Crippen molar-refractivity contribution >= 4 is 33.0 Å². The number of fused-ring (bicyclic) bond motifs is 1. The predicted octanol–water partition coefficient (Wildman–Crippen LogP) is 4.65. The fraction of sp³-hybridized carbons (Fsp3) is 0.375. The first-order valence-corrected chi connectivity index (χ1v) is 8.63. The first-order valence-electron chi connectivity index (χ1n) is 6.96. The van der Waals surface area contributed by atoms with Crippen LogP contribution in [0.1, 0.15) is 41.9 Å². The highest BCUT2D eigenvalue weighted by Crippen LogP contribution is 2.39. The Bertz CT molecular complexity index is 621. The zero-order valence-corrected chi connectivity index (χ0v) is 14.2. The number of nitrogens with two attached hydrogens (primary N) is 1. The van der Waals surface area contributed by atoms with E-state index in [2.05, 4.69) is 64.3 Å². The molecule has 0 radical (unpaired) electrons. The van der Waals surface area contributed by atoms with Crippen molar-refractivity contribution < 1.29 is 0 Å². The minimum Gasteiger partial charge on any atom is -0.364 e. The lowest BCUT2D eigenvalue weighted by Gasteiger charge is -2.37. The third-order valence-electron chi connectivity index (χ3n) is 4.07. The molecule has 1 aliphatic rings. The Morgan fingerprint density at radius 3 is 2.95 bits per heavy atom. The second kappa shape index (κ2) is 5.51. The van der Waals surface area contributed by atoms with E-state index in [0.717, 1.165) is 17.4 Å². The van der Waals surface area contributed by atoms with E-state index in [4.69, 9.17) is 5.73 Å². The van der Waals surface area contributed by atoms with Crippen LogP contribution in [-0.4, -0.2) is 6.54 Å². The Kier molecular flexibility index (Phi) is 3.89. The van der Waals surface area contributed by atoms with E-state index in [1.807, 2.05) is 11.3 Å². The Hall–Kier alpha value is -0.840. The maximum Gasteiger partial charge on any atom is 0.0525 e. The van der Waals surface area contributed by atoms with Gasteiger partial charge in [0.25, 0.3) is 0 Å². The molecule has 0 fully saturated rings. The lowest BCUT2D eigenvalue weighted by molar-refractivity contribution is 0.626. The molecule has 2 atom stereocenters. The lowest BCUT2D eigenvalue weighted by Crippen LogP contribution is -2.34. The highest BCUT2D eigenvalue weighted by atomic mass is 79.9. The molecular weight excluding hydrogens is 332 g/mol. The SMILES string of the molecule is CC(N)c1cc(Br)ccc1N1CCc2sccc2C1C. The molecule has 2 N–H and O–H groups in total. The Morgan fingerprint density at radius 2 is 2.20 bits per heavy atom. The normalized spacial score (nSPS) is 19.8. The zero-order chi connectivity index (χ0) is 14.3. The number of hydrogen-bond donors (Lipinski definition) is 1. The van der Waals surface area contributed by atoms with E-state index in [1.54, 1.807) is 0 Å². The molecule has 0 aliphatic carbocycles. The summed E-state index contributed by atoms with van der Waals surface area (Å²) < 4.78 is 1.09. The van der Waals surface area contributed by atoms with Crippen LogP contribution in [0, 0.1) is 0 Å². The van der Waals surface area contributed by atoms with Gasteiger partial charge in [0, 0.05) is 27.6 Å². The van der Waals surface area contributed by atoms with Crippen molar-refractivity contribution in [2.75, 3.05) is 11.4 Å². The maximum atomic E-state index is 6.16. The second-order valence-electron chi connectivity index (χ2n) is 5.41. The number of halogens is 1. The van der Waals surface area contributed by atoms with Gasteiger partial charge in [0.05, 0.1) is 6.04 Å². The zero-order valence-electron chi connectivity index (χ0n) is 11.8. The minimum absolute atomic E-state index is 0.0403. The lowest BCUT2D eigenvalue weighted by atomic mass is 9.98. The van der Waals surface area contributed by atoms with E-state index < -0.39 is 0 Å². The van der Waals surface area contributed by atoms with Gasteiger partial charge in [0.2, 0.25) is 0 Å². The standard InChI is InChI=1S/C16H19BrN2S/c1-10(18)14-9-12(17)3-4-15(14)19-7-5-16-13(11(19)2)6-8-20-16/h3-4,6,8-11H,5,7,18H2,1-2H3. The van der Waals surface area contributed by atoms with Gasteiger partial charge in [0.1, 0.15) is 0 Å². The number of benzene rings is 1. The molecule has 0 spiro atoms. The topological polar surface area (TPSA) is 29.3 Å². The first kappa shape index (κ1) is 14.1. The summed E-state index contributed by atoms with van der Waals surface area (Å²) in [6.45, 7) is 5.41. The number of thiophene rings is 1.